The molecule has 5 nitrogen and oxygen atoms in total. The highest BCUT2D eigenvalue weighted by atomic mass is 16.5. The van der Waals surface area contributed by atoms with Crippen molar-refractivity contribution in [2.75, 3.05) is 20.3 Å². The number of hydrogen-bond donors (Lipinski definition) is 1. The molecule has 5 heteroatoms. The number of hydrazine groups is 1. The van der Waals surface area contributed by atoms with Crippen LogP contribution in [0.15, 0.2) is 48.9 Å². The Hall–Kier alpha value is -2.97. The highest BCUT2D eigenvalue weighted by Crippen LogP contribution is 2.14. The Balaban J connectivity index is 1.74. The molecule has 0 amide bonds. The largest absolute Gasteiger partial charge is 0.383 e. The summed E-state index contributed by atoms with van der Waals surface area (Å²) in [6, 6.07) is 8.16. The average Bonchev–Trinajstić information content (AvgIpc) is 2.99. The Morgan fingerprint density at radius 1 is 1.24 bits per heavy atom. The molecule has 0 spiro atoms. The minimum absolute atomic E-state index is 0.670. The summed E-state index contributed by atoms with van der Waals surface area (Å²) in [5, 5.41) is 1.97. The molecule has 1 aliphatic heterocycles. The lowest BCUT2D eigenvalue weighted by Gasteiger charge is -2.24. The Kier molecular flexibility index (Phi) is 5.22. The van der Waals surface area contributed by atoms with Crippen LogP contribution < -0.4 is 5.43 Å². The van der Waals surface area contributed by atoms with Crippen molar-refractivity contribution in [3.8, 4) is 11.8 Å². The van der Waals surface area contributed by atoms with E-state index in [9.17, 15) is 0 Å². The van der Waals surface area contributed by atoms with Crippen LogP contribution in [-0.4, -0.2) is 34.8 Å². The van der Waals surface area contributed by atoms with Crippen molar-refractivity contribution in [3.63, 3.8) is 0 Å². The lowest BCUT2D eigenvalue weighted by molar-refractivity contribution is 0.156. The Bertz CT molecular complexity index is 867. The van der Waals surface area contributed by atoms with Gasteiger partial charge in [-0.1, -0.05) is 18.1 Å². The van der Waals surface area contributed by atoms with Crippen molar-refractivity contribution >= 4 is 5.70 Å². The molecule has 128 valence electrons. The van der Waals surface area contributed by atoms with Gasteiger partial charge in [-0.2, -0.15) is 0 Å². The molecule has 1 N–H and O–H groups in total. The van der Waals surface area contributed by atoms with E-state index in [1.807, 2.05) is 53.3 Å². The van der Waals surface area contributed by atoms with Crippen LogP contribution in [0.5, 0.6) is 0 Å². The fraction of sp³-hybridized carbons (Fsp3) is 0.250. The molecular formula is C20H22N4O. The molecule has 0 saturated carbocycles. The van der Waals surface area contributed by atoms with Crippen molar-refractivity contribution in [2.45, 2.75) is 13.8 Å². The van der Waals surface area contributed by atoms with Gasteiger partial charge in [-0.05, 0) is 43.5 Å². The van der Waals surface area contributed by atoms with Crippen LogP contribution in [0.25, 0.3) is 5.70 Å². The third kappa shape index (κ3) is 4.31. The van der Waals surface area contributed by atoms with Gasteiger partial charge in [-0.25, -0.2) is 4.98 Å². The first kappa shape index (κ1) is 16.9. The second-order valence-corrected chi connectivity index (χ2v) is 5.86. The fourth-order valence-electron chi connectivity index (χ4n) is 2.54. The minimum Gasteiger partial charge on any atom is -0.383 e. The number of aromatic nitrogens is 2. The average molecular weight is 334 g/mol. The molecule has 0 bridgehead atoms. The zero-order chi connectivity index (χ0) is 17.6. The summed E-state index contributed by atoms with van der Waals surface area (Å²) in [5.41, 5.74) is 7.20. The normalized spacial score (nSPS) is 13.1. The quantitative estimate of drug-likeness (QED) is 0.873. The van der Waals surface area contributed by atoms with Gasteiger partial charge >= 0.3 is 0 Å². The van der Waals surface area contributed by atoms with Gasteiger partial charge in [-0.15, -0.1) is 0 Å². The van der Waals surface area contributed by atoms with Crippen LogP contribution in [0.4, 0.5) is 0 Å². The van der Waals surface area contributed by atoms with E-state index in [-0.39, 0.29) is 0 Å². The van der Waals surface area contributed by atoms with Crippen LogP contribution in [0, 0.1) is 25.7 Å². The van der Waals surface area contributed by atoms with Crippen molar-refractivity contribution in [2.24, 2.45) is 0 Å². The summed E-state index contributed by atoms with van der Waals surface area (Å²) in [7, 11) is 1.70. The maximum Gasteiger partial charge on any atom is 0.132 e. The van der Waals surface area contributed by atoms with Gasteiger partial charge in [-0.3, -0.25) is 5.01 Å². The second kappa shape index (κ2) is 7.73. The van der Waals surface area contributed by atoms with Gasteiger partial charge in [0.05, 0.1) is 18.8 Å². The van der Waals surface area contributed by atoms with E-state index >= 15 is 0 Å². The molecule has 0 saturated heterocycles. The molecule has 0 fully saturated rings. The number of ether oxygens (including phenoxy) is 1. The van der Waals surface area contributed by atoms with E-state index < -0.39 is 0 Å². The summed E-state index contributed by atoms with van der Waals surface area (Å²) < 4.78 is 7.11. The number of aryl methyl sites for hydroxylation is 2. The van der Waals surface area contributed by atoms with Crippen LogP contribution in [0.1, 0.15) is 22.6 Å². The molecule has 0 unspecified atom stereocenters. The number of imidazole rings is 1. The number of allylic oxidation sites excluding steroid dienone is 2. The van der Waals surface area contributed by atoms with Crippen LogP contribution >= 0.6 is 0 Å². The molecule has 3 rings (SSSR count). The molecule has 2 aromatic rings. The van der Waals surface area contributed by atoms with E-state index in [0.717, 1.165) is 29.3 Å². The predicted octanol–water partition coefficient (Wildman–Crippen LogP) is 2.68. The summed E-state index contributed by atoms with van der Waals surface area (Å²) in [5.74, 6) is 7.22. The van der Waals surface area contributed by atoms with E-state index in [0.29, 0.717) is 6.61 Å². The Labute approximate surface area is 148 Å². The lowest BCUT2D eigenvalue weighted by atomic mass is 10.1. The third-order valence-corrected chi connectivity index (χ3v) is 3.85. The van der Waals surface area contributed by atoms with Crippen LogP contribution in [0.3, 0.4) is 0 Å². The third-order valence-electron chi connectivity index (χ3n) is 3.85. The topological polar surface area (TPSA) is 42.3 Å². The van der Waals surface area contributed by atoms with Crippen LogP contribution in [-0.2, 0) is 4.74 Å². The predicted molar refractivity (Wildman–Crippen MR) is 99.3 cm³/mol. The molecular weight excluding hydrogens is 312 g/mol. The van der Waals surface area contributed by atoms with Gasteiger partial charge in [0, 0.05) is 31.3 Å². The van der Waals surface area contributed by atoms with Gasteiger partial charge in [0.25, 0.3) is 0 Å². The molecule has 1 aromatic carbocycles. The highest BCUT2D eigenvalue weighted by Gasteiger charge is 2.09. The van der Waals surface area contributed by atoms with Gasteiger partial charge in [0.2, 0.25) is 0 Å². The number of nitrogens with one attached hydrogen (secondary N) is 1. The monoisotopic (exact) mass is 334 g/mol. The Morgan fingerprint density at radius 3 is 2.84 bits per heavy atom. The maximum atomic E-state index is 5.08. The van der Waals surface area contributed by atoms with Crippen molar-refractivity contribution in [3.05, 3.63) is 71.6 Å². The standard InChI is InChI=1S/C20H22N4O/c1-16-5-4-6-18(13-16)7-8-19-15-24(17(2)22-19)20-9-10-23(21-14-20)11-12-25-3/h4-6,9-10,13-15,21H,11-12H2,1-3H3. The SMILES string of the molecule is COCCN1C=CC(n2cc(C#Cc3cccc(C)c3)nc2C)=CN1. The van der Waals surface area contributed by atoms with E-state index in [1.165, 1.54) is 5.56 Å². The summed E-state index contributed by atoms with van der Waals surface area (Å²) in [4.78, 5) is 4.55. The molecule has 25 heavy (non-hydrogen) atoms. The van der Waals surface area contributed by atoms with Crippen LogP contribution in [0.2, 0.25) is 0 Å². The second-order valence-electron chi connectivity index (χ2n) is 5.86. The van der Waals surface area contributed by atoms with E-state index in [4.69, 9.17) is 4.74 Å². The molecule has 1 aliphatic rings. The van der Waals surface area contributed by atoms with Crippen molar-refractivity contribution < 1.29 is 4.74 Å². The first-order chi connectivity index (χ1) is 12.2. The van der Waals surface area contributed by atoms with Gasteiger partial charge in [0.15, 0.2) is 0 Å². The molecule has 0 aliphatic carbocycles. The van der Waals surface area contributed by atoms with Gasteiger partial charge in [0.1, 0.15) is 11.5 Å². The van der Waals surface area contributed by atoms with Gasteiger partial charge < -0.3 is 14.7 Å². The van der Waals surface area contributed by atoms with E-state index in [1.54, 1.807) is 7.11 Å². The smallest absolute Gasteiger partial charge is 0.132 e. The number of benzene rings is 1. The van der Waals surface area contributed by atoms with E-state index in [2.05, 4.69) is 41.3 Å². The Morgan fingerprint density at radius 2 is 2.12 bits per heavy atom. The molecule has 0 radical (unpaired) electrons. The number of nitrogens with zero attached hydrogens (tertiary/aromatic N) is 3. The number of rotatable bonds is 4. The first-order valence-electron chi connectivity index (χ1n) is 8.21. The maximum absolute atomic E-state index is 5.08. The van der Waals surface area contributed by atoms with Crippen molar-refractivity contribution in [1.82, 2.24) is 20.0 Å². The zero-order valence-corrected chi connectivity index (χ0v) is 14.8. The fourth-order valence-corrected chi connectivity index (χ4v) is 2.54. The number of hydrogen-bond acceptors (Lipinski definition) is 4. The summed E-state index contributed by atoms with van der Waals surface area (Å²) in [6.45, 7) is 5.49. The number of methoxy groups -OCH3 is 1. The summed E-state index contributed by atoms with van der Waals surface area (Å²) in [6.07, 6.45) is 7.94. The molecule has 1 aromatic heterocycles. The minimum atomic E-state index is 0.670. The van der Waals surface area contributed by atoms with Crippen molar-refractivity contribution in [1.29, 1.82) is 0 Å². The lowest BCUT2D eigenvalue weighted by Crippen LogP contribution is -2.34. The summed E-state index contributed by atoms with van der Waals surface area (Å²) >= 11 is 0. The highest BCUT2D eigenvalue weighted by molar-refractivity contribution is 5.59. The molecule has 0 atom stereocenters. The molecule has 2 heterocycles. The zero-order valence-electron chi connectivity index (χ0n) is 14.8. The first-order valence-corrected chi connectivity index (χ1v) is 8.21.